The predicted molar refractivity (Wildman–Crippen MR) is 73.9 cm³/mol. The van der Waals surface area contributed by atoms with Crippen molar-refractivity contribution < 1.29 is 9.18 Å². The summed E-state index contributed by atoms with van der Waals surface area (Å²) in [4.78, 5) is 16.4. The Hall–Kier alpha value is -1.62. The largest absolute Gasteiger partial charge is 0.385 e. The van der Waals surface area contributed by atoms with Gasteiger partial charge in [-0.05, 0) is 32.6 Å². The maximum atomic E-state index is 13.7. The van der Waals surface area contributed by atoms with Crippen molar-refractivity contribution in [3.05, 3.63) is 29.6 Å². The quantitative estimate of drug-likeness (QED) is 0.902. The summed E-state index contributed by atoms with van der Waals surface area (Å²) in [7, 11) is 5.65. The zero-order chi connectivity index (χ0) is 14.0. The van der Waals surface area contributed by atoms with E-state index in [2.05, 4.69) is 10.2 Å². The van der Waals surface area contributed by atoms with Crippen LogP contribution in [0.15, 0.2) is 18.2 Å². The van der Waals surface area contributed by atoms with Crippen molar-refractivity contribution in [1.82, 2.24) is 9.80 Å². The molecular formula is C14H20FN3O. The Bertz CT molecular complexity index is 476. The molecule has 1 N–H and O–H groups in total. The Balaban J connectivity index is 2.19. The Labute approximate surface area is 113 Å². The second-order valence-corrected chi connectivity index (χ2v) is 5.07. The lowest BCUT2D eigenvalue weighted by atomic mass is 10.1. The minimum absolute atomic E-state index is 0.104. The highest BCUT2D eigenvalue weighted by atomic mass is 19.1. The van der Waals surface area contributed by atoms with Gasteiger partial charge in [0.25, 0.3) is 5.91 Å². The molecule has 2 rings (SSSR count). The molecule has 19 heavy (non-hydrogen) atoms. The monoisotopic (exact) mass is 265 g/mol. The number of nitrogens with zero attached hydrogens (tertiary/aromatic N) is 2. The van der Waals surface area contributed by atoms with Gasteiger partial charge in [0.05, 0.1) is 11.3 Å². The van der Waals surface area contributed by atoms with Crippen LogP contribution in [0.4, 0.5) is 10.1 Å². The number of hydrogen-bond donors (Lipinski definition) is 1. The lowest BCUT2D eigenvalue weighted by Crippen LogP contribution is -2.34. The van der Waals surface area contributed by atoms with E-state index in [1.54, 1.807) is 24.1 Å². The van der Waals surface area contributed by atoms with Gasteiger partial charge in [0, 0.05) is 26.2 Å². The number of likely N-dealkylation sites (tertiary alicyclic amines) is 1. The van der Waals surface area contributed by atoms with Crippen LogP contribution >= 0.6 is 0 Å². The standard InChI is InChI=1S/C14H20FN3O/c1-16-13-11(5-4-6-12(13)15)14(19)18-8-7-10(9-18)17(2)3/h4-6,10,16H,7-9H2,1-3H3. The third-order valence-corrected chi connectivity index (χ3v) is 3.67. The summed E-state index contributed by atoms with van der Waals surface area (Å²) in [6.45, 7) is 1.42. The first-order chi connectivity index (χ1) is 9.04. The molecule has 0 radical (unpaired) electrons. The highest BCUT2D eigenvalue weighted by Gasteiger charge is 2.29. The zero-order valence-electron chi connectivity index (χ0n) is 11.6. The summed E-state index contributed by atoms with van der Waals surface area (Å²) in [6.07, 6.45) is 0.961. The second kappa shape index (κ2) is 5.57. The number of nitrogens with one attached hydrogen (secondary N) is 1. The molecule has 1 heterocycles. The SMILES string of the molecule is CNc1c(F)cccc1C(=O)N1CCC(N(C)C)C1. The van der Waals surface area contributed by atoms with Gasteiger partial charge in [0.2, 0.25) is 0 Å². The molecule has 0 saturated carbocycles. The third-order valence-electron chi connectivity index (χ3n) is 3.67. The molecule has 1 atom stereocenters. The number of halogens is 1. The van der Waals surface area contributed by atoms with Crippen molar-refractivity contribution in [2.75, 3.05) is 39.5 Å². The molecule has 4 nitrogen and oxygen atoms in total. The van der Waals surface area contributed by atoms with Crippen LogP contribution < -0.4 is 5.32 Å². The topological polar surface area (TPSA) is 35.6 Å². The number of anilines is 1. The van der Waals surface area contributed by atoms with E-state index in [-0.39, 0.29) is 11.6 Å². The molecule has 104 valence electrons. The van der Waals surface area contributed by atoms with E-state index in [1.807, 2.05) is 14.1 Å². The van der Waals surface area contributed by atoms with Crippen LogP contribution in [0.25, 0.3) is 0 Å². The number of para-hydroxylation sites is 1. The van der Waals surface area contributed by atoms with Crippen LogP contribution in [-0.4, -0.2) is 56.0 Å². The highest BCUT2D eigenvalue weighted by Crippen LogP contribution is 2.23. The van der Waals surface area contributed by atoms with Crippen LogP contribution in [0.2, 0.25) is 0 Å². The molecule has 1 amide bonds. The van der Waals surface area contributed by atoms with Crippen LogP contribution in [0.5, 0.6) is 0 Å². The van der Waals surface area contributed by atoms with Crippen molar-refractivity contribution in [3.63, 3.8) is 0 Å². The molecule has 1 aliphatic rings. The van der Waals surface area contributed by atoms with Crippen LogP contribution in [0.1, 0.15) is 16.8 Å². The highest BCUT2D eigenvalue weighted by molar-refractivity contribution is 5.99. The fourth-order valence-corrected chi connectivity index (χ4v) is 2.47. The Morgan fingerprint density at radius 2 is 2.21 bits per heavy atom. The molecular weight excluding hydrogens is 245 g/mol. The molecule has 1 aliphatic heterocycles. The smallest absolute Gasteiger partial charge is 0.256 e. The first-order valence-electron chi connectivity index (χ1n) is 6.46. The molecule has 0 aromatic heterocycles. The molecule has 1 unspecified atom stereocenters. The summed E-state index contributed by atoms with van der Waals surface area (Å²) in [5, 5.41) is 2.77. The van der Waals surface area contributed by atoms with E-state index < -0.39 is 5.82 Å². The van der Waals surface area contributed by atoms with E-state index in [9.17, 15) is 9.18 Å². The normalized spacial score (nSPS) is 19.0. The van der Waals surface area contributed by atoms with Gasteiger partial charge in [0.1, 0.15) is 5.82 Å². The summed E-state index contributed by atoms with van der Waals surface area (Å²) < 4.78 is 13.7. The van der Waals surface area contributed by atoms with E-state index in [0.717, 1.165) is 13.0 Å². The molecule has 1 aromatic carbocycles. The number of carbonyl (C=O) groups excluding carboxylic acids is 1. The fraction of sp³-hybridized carbons (Fsp3) is 0.500. The van der Waals surface area contributed by atoms with Gasteiger partial charge < -0.3 is 15.1 Å². The third kappa shape index (κ3) is 2.71. The number of amides is 1. The molecule has 1 aromatic rings. The van der Waals surface area contributed by atoms with Gasteiger partial charge in [-0.2, -0.15) is 0 Å². The van der Waals surface area contributed by atoms with Crippen LogP contribution in [0.3, 0.4) is 0 Å². The summed E-state index contributed by atoms with van der Waals surface area (Å²) in [5.74, 6) is -0.495. The first kappa shape index (κ1) is 13.8. The second-order valence-electron chi connectivity index (χ2n) is 5.07. The predicted octanol–water partition coefficient (Wildman–Crippen LogP) is 1.64. The fourth-order valence-electron chi connectivity index (χ4n) is 2.47. The minimum atomic E-state index is -0.392. The summed E-state index contributed by atoms with van der Waals surface area (Å²) >= 11 is 0. The van der Waals surface area contributed by atoms with E-state index in [0.29, 0.717) is 18.2 Å². The van der Waals surface area contributed by atoms with Gasteiger partial charge in [-0.15, -0.1) is 0 Å². The maximum Gasteiger partial charge on any atom is 0.256 e. The number of carbonyl (C=O) groups is 1. The van der Waals surface area contributed by atoms with Crippen molar-refractivity contribution in [3.8, 4) is 0 Å². The number of rotatable bonds is 3. The Morgan fingerprint density at radius 3 is 2.79 bits per heavy atom. The van der Waals surface area contributed by atoms with Gasteiger partial charge in [-0.1, -0.05) is 6.07 Å². The van der Waals surface area contributed by atoms with E-state index in [4.69, 9.17) is 0 Å². The van der Waals surface area contributed by atoms with Crippen LogP contribution in [0, 0.1) is 5.82 Å². The Morgan fingerprint density at radius 1 is 1.47 bits per heavy atom. The molecule has 0 aliphatic carbocycles. The van der Waals surface area contributed by atoms with Gasteiger partial charge in [-0.3, -0.25) is 4.79 Å². The first-order valence-corrected chi connectivity index (χ1v) is 6.46. The number of benzene rings is 1. The van der Waals surface area contributed by atoms with Gasteiger partial charge in [-0.25, -0.2) is 4.39 Å². The van der Waals surface area contributed by atoms with Crippen LogP contribution in [-0.2, 0) is 0 Å². The minimum Gasteiger partial charge on any atom is -0.385 e. The summed E-state index contributed by atoms with van der Waals surface area (Å²) in [5.41, 5.74) is 0.683. The average molecular weight is 265 g/mol. The van der Waals surface area contributed by atoms with E-state index in [1.165, 1.54) is 6.07 Å². The van der Waals surface area contributed by atoms with Gasteiger partial charge in [0.15, 0.2) is 0 Å². The molecule has 0 spiro atoms. The molecule has 1 fully saturated rings. The lowest BCUT2D eigenvalue weighted by molar-refractivity contribution is 0.0783. The lowest BCUT2D eigenvalue weighted by Gasteiger charge is -2.21. The maximum absolute atomic E-state index is 13.7. The van der Waals surface area contributed by atoms with Crippen molar-refractivity contribution in [2.45, 2.75) is 12.5 Å². The number of likely N-dealkylation sites (N-methyl/N-ethyl adjacent to an activating group) is 1. The zero-order valence-corrected chi connectivity index (χ0v) is 11.6. The Kier molecular flexibility index (Phi) is 4.04. The molecule has 5 heteroatoms. The van der Waals surface area contributed by atoms with Gasteiger partial charge >= 0.3 is 0 Å². The number of hydrogen-bond acceptors (Lipinski definition) is 3. The van der Waals surface area contributed by atoms with Crippen molar-refractivity contribution >= 4 is 11.6 Å². The average Bonchev–Trinajstić information content (AvgIpc) is 2.87. The van der Waals surface area contributed by atoms with Crippen molar-refractivity contribution in [2.24, 2.45) is 0 Å². The molecule has 1 saturated heterocycles. The molecule has 0 bridgehead atoms. The summed E-state index contributed by atoms with van der Waals surface area (Å²) in [6, 6.07) is 4.98. The van der Waals surface area contributed by atoms with E-state index >= 15 is 0 Å². The van der Waals surface area contributed by atoms with Crippen molar-refractivity contribution in [1.29, 1.82) is 0 Å².